The second kappa shape index (κ2) is 7.79. The quantitative estimate of drug-likeness (QED) is 0.844. The van der Waals surface area contributed by atoms with Gasteiger partial charge >= 0.3 is 0 Å². The molecule has 3 rings (SSSR count). The van der Waals surface area contributed by atoms with E-state index in [0.29, 0.717) is 5.75 Å². The Morgan fingerprint density at radius 3 is 2.88 bits per heavy atom. The number of benzene rings is 1. The SMILES string of the molecule is CC(NC(=O)CSc1nnc2n1CCCCC2)c1ccc(F)cc1. The Labute approximate surface area is 145 Å². The van der Waals surface area contributed by atoms with Crippen molar-refractivity contribution in [2.24, 2.45) is 0 Å². The van der Waals surface area contributed by atoms with Crippen molar-refractivity contribution in [3.05, 3.63) is 41.5 Å². The molecule has 0 radical (unpaired) electrons. The van der Waals surface area contributed by atoms with Gasteiger partial charge in [0.05, 0.1) is 11.8 Å². The van der Waals surface area contributed by atoms with Crippen molar-refractivity contribution < 1.29 is 9.18 Å². The van der Waals surface area contributed by atoms with Crippen LogP contribution in [0.1, 0.15) is 43.6 Å². The van der Waals surface area contributed by atoms with Crippen molar-refractivity contribution in [1.82, 2.24) is 20.1 Å². The van der Waals surface area contributed by atoms with E-state index in [1.54, 1.807) is 12.1 Å². The summed E-state index contributed by atoms with van der Waals surface area (Å²) in [4.78, 5) is 12.2. The maximum absolute atomic E-state index is 13.0. The molecule has 2 aromatic rings. The van der Waals surface area contributed by atoms with Crippen LogP contribution in [0.3, 0.4) is 0 Å². The van der Waals surface area contributed by atoms with Crippen LogP contribution in [0.5, 0.6) is 0 Å². The van der Waals surface area contributed by atoms with E-state index in [1.807, 2.05) is 6.92 Å². The van der Waals surface area contributed by atoms with Gasteiger partial charge in [0.25, 0.3) is 0 Å². The predicted molar refractivity (Wildman–Crippen MR) is 91.3 cm³/mol. The lowest BCUT2D eigenvalue weighted by atomic mass is 10.1. The van der Waals surface area contributed by atoms with Gasteiger partial charge in [-0.2, -0.15) is 0 Å². The first-order valence-electron chi connectivity index (χ1n) is 8.23. The molecule has 128 valence electrons. The van der Waals surface area contributed by atoms with Crippen molar-refractivity contribution in [3.8, 4) is 0 Å². The molecule has 0 aliphatic carbocycles. The molecule has 1 atom stereocenters. The van der Waals surface area contributed by atoms with Gasteiger partial charge in [-0.25, -0.2) is 4.39 Å². The Bertz CT molecular complexity index is 701. The van der Waals surface area contributed by atoms with E-state index < -0.39 is 0 Å². The Morgan fingerprint density at radius 1 is 1.29 bits per heavy atom. The normalized spacial score (nSPS) is 15.4. The summed E-state index contributed by atoms with van der Waals surface area (Å²) in [6.45, 7) is 2.82. The van der Waals surface area contributed by atoms with E-state index in [-0.39, 0.29) is 17.8 Å². The zero-order valence-electron chi connectivity index (χ0n) is 13.7. The number of hydrogen-bond donors (Lipinski definition) is 1. The van der Waals surface area contributed by atoms with Crippen LogP contribution in [0, 0.1) is 5.82 Å². The van der Waals surface area contributed by atoms with Gasteiger partial charge in [0.2, 0.25) is 5.91 Å². The molecule has 1 unspecified atom stereocenters. The van der Waals surface area contributed by atoms with E-state index in [1.165, 1.54) is 30.3 Å². The molecule has 7 heteroatoms. The van der Waals surface area contributed by atoms with Crippen LogP contribution in [0.2, 0.25) is 0 Å². The summed E-state index contributed by atoms with van der Waals surface area (Å²) in [5, 5.41) is 12.2. The first-order chi connectivity index (χ1) is 11.6. The van der Waals surface area contributed by atoms with Gasteiger partial charge in [-0.1, -0.05) is 30.3 Å². The third-order valence-electron chi connectivity index (χ3n) is 4.16. The fourth-order valence-electron chi connectivity index (χ4n) is 2.81. The third kappa shape index (κ3) is 4.14. The minimum absolute atomic E-state index is 0.0669. The van der Waals surface area contributed by atoms with Crippen molar-refractivity contribution in [2.45, 2.75) is 50.4 Å². The second-order valence-corrected chi connectivity index (χ2v) is 6.93. The predicted octanol–water partition coefficient (Wildman–Crippen LogP) is 3.11. The van der Waals surface area contributed by atoms with Crippen LogP contribution in [0.4, 0.5) is 4.39 Å². The van der Waals surface area contributed by atoms with Gasteiger partial charge < -0.3 is 9.88 Å². The van der Waals surface area contributed by atoms with Gasteiger partial charge in [0.15, 0.2) is 5.16 Å². The zero-order valence-corrected chi connectivity index (χ0v) is 14.5. The minimum atomic E-state index is -0.277. The highest BCUT2D eigenvalue weighted by atomic mass is 32.2. The number of hydrogen-bond acceptors (Lipinski definition) is 4. The van der Waals surface area contributed by atoms with Crippen molar-refractivity contribution in [3.63, 3.8) is 0 Å². The molecule has 1 amide bonds. The highest BCUT2D eigenvalue weighted by Gasteiger charge is 2.17. The smallest absolute Gasteiger partial charge is 0.230 e. The molecule has 0 fully saturated rings. The summed E-state index contributed by atoms with van der Waals surface area (Å²) >= 11 is 1.42. The first-order valence-corrected chi connectivity index (χ1v) is 9.22. The monoisotopic (exact) mass is 348 g/mol. The Morgan fingerprint density at radius 2 is 2.08 bits per heavy atom. The lowest BCUT2D eigenvalue weighted by Crippen LogP contribution is -2.28. The molecule has 1 aromatic carbocycles. The summed E-state index contributed by atoms with van der Waals surface area (Å²) in [5.41, 5.74) is 0.881. The van der Waals surface area contributed by atoms with E-state index >= 15 is 0 Å². The van der Waals surface area contributed by atoms with Gasteiger partial charge in [0.1, 0.15) is 11.6 Å². The molecule has 5 nitrogen and oxygen atoms in total. The Hall–Kier alpha value is -1.89. The number of nitrogens with zero attached hydrogens (tertiary/aromatic N) is 3. The fourth-order valence-corrected chi connectivity index (χ4v) is 3.61. The maximum Gasteiger partial charge on any atom is 0.230 e. The van der Waals surface area contributed by atoms with Gasteiger partial charge in [-0.05, 0) is 37.5 Å². The molecule has 1 aliphatic rings. The molecule has 24 heavy (non-hydrogen) atoms. The Balaban J connectivity index is 1.54. The summed E-state index contributed by atoms with van der Waals surface area (Å²) < 4.78 is 15.1. The van der Waals surface area contributed by atoms with Gasteiger partial charge in [-0.3, -0.25) is 4.79 Å². The van der Waals surface area contributed by atoms with Gasteiger partial charge in [-0.15, -0.1) is 10.2 Å². The summed E-state index contributed by atoms with van der Waals surface area (Å²) in [7, 11) is 0. The number of carbonyl (C=O) groups excluding carboxylic acids is 1. The topological polar surface area (TPSA) is 59.8 Å². The second-order valence-electron chi connectivity index (χ2n) is 5.99. The number of aryl methyl sites for hydroxylation is 1. The van der Waals surface area contributed by atoms with Crippen molar-refractivity contribution in [2.75, 3.05) is 5.75 Å². The zero-order chi connectivity index (χ0) is 16.9. The van der Waals surface area contributed by atoms with Crippen LogP contribution < -0.4 is 5.32 Å². The molecule has 1 N–H and O–H groups in total. The van der Waals surface area contributed by atoms with Gasteiger partial charge in [0, 0.05) is 13.0 Å². The van der Waals surface area contributed by atoms with E-state index in [2.05, 4.69) is 20.1 Å². The lowest BCUT2D eigenvalue weighted by molar-refractivity contribution is -0.119. The molecule has 0 saturated heterocycles. The highest BCUT2D eigenvalue weighted by molar-refractivity contribution is 7.99. The average molecular weight is 348 g/mol. The minimum Gasteiger partial charge on any atom is -0.349 e. The number of nitrogens with one attached hydrogen (secondary N) is 1. The van der Waals surface area contributed by atoms with Crippen molar-refractivity contribution >= 4 is 17.7 Å². The van der Waals surface area contributed by atoms with E-state index in [0.717, 1.165) is 42.4 Å². The lowest BCUT2D eigenvalue weighted by Gasteiger charge is -2.14. The molecule has 0 spiro atoms. The summed E-state index contributed by atoms with van der Waals surface area (Å²) in [6, 6.07) is 6.02. The summed E-state index contributed by atoms with van der Waals surface area (Å²) in [5.74, 6) is 0.974. The van der Waals surface area contributed by atoms with Crippen LogP contribution >= 0.6 is 11.8 Å². The fraction of sp³-hybridized carbons (Fsp3) is 0.471. The van der Waals surface area contributed by atoms with E-state index in [9.17, 15) is 9.18 Å². The molecular weight excluding hydrogens is 327 g/mol. The molecule has 0 saturated carbocycles. The molecule has 2 heterocycles. The number of fused-ring (bicyclic) bond motifs is 1. The average Bonchev–Trinajstić information content (AvgIpc) is 2.80. The number of carbonyl (C=O) groups is 1. The largest absolute Gasteiger partial charge is 0.349 e. The highest BCUT2D eigenvalue weighted by Crippen LogP contribution is 2.22. The van der Waals surface area contributed by atoms with Crippen LogP contribution in [0.15, 0.2) is 29.4 Å². The molecule has 1 aliphatic heterocycles. The maximum atomic E-state index is 13.0. The van der Waals surface area contributed by atoms with Crippen LogP contribution in [-0.4, -0.2) is 26.4 Å². The van der Waals surface area contributed by atoms with E-state index in [4.69, 9.17) is 0 Å². The van der Waals surface area contributed by atoms with Crippen LogP contribution in [0.25, 0.3) is 0 Å². The Kier molecular flexibility index (Phi) is 5.50. The van der Waals surface area contributed by atoms with Crippen molar-refractivity contribution in [1.29, 1.82) is 0 Å². The first kappa shape index (κ1) is 17.0. The number of aromatic nitrogens is 3. The number of amides is 1. The summed E-state index contributed by atoms with van der Waals surface area (Å²) in [6.07, 6.45) is 4.45. The number of halogens is 1. The standard InChI is InChI=1S/C17H21FN4OS/c1-12(13-6-8-14(18)9-7-13)19-16(23)11-24-17-21-20-15-5-3-2-4-10-22(15)17/h6-9,12H,2-5,10-11H2,1H3,(H,19,23). The third-order valence-corrected chi connectivity index (χ3v) is 5.12. The molecule has 0 bridgehead atoms. The van der Waals surface area contributed by atoms with Crippen LogP contribution in [-0.2, 0) is 17.8 Å². The number of rotatable bonds is 5. The number of thioether (sulfide) groups is 1. The molecular formula is C17H21FN4OS. The molecule has 1 aromatic heterocycles.